The summed E-state index contributed by atoms with van der Waals surface area (Å²) in [5, 5.41) is 0. The molecule has 0 unspecified atom stereocenters. The van der Waals surface area contributed by atoms with Crippen molar-refractivity contribution in [2.75, 3.05) is 7.11 Å². The molecule has 0 spiro atoms. The Kier molecular flexibility index (Phi) is 4.36. The normalized spacial score (nSPS) is 10.7. The third-order valence-corrected chi connectivity index (χ3v) is 3.97. The molecule has 0 saturated heterocycles. The Morgan fingerprint density at radius 3 is 2.79 bits per heavy atom. The molecule has 0 amide bonds. The number of halogens is 1. The van der Waals surface area contributed by atoms with E-state index in [4.69, 9.17) is 4.74 Å². The average molecular weight is 370 g/mol. The zero-order valence-electron chi connectivity index (χ0n) is 11.1. The first-order chi connectivity index (χ1) is 9.02. The number of aromatic nitrogens is 2. The number of hydrogen-bond acceptors (Lipinski definition) is 3. The van der Waals surface area contributed by atoms with Crippen molar-refractivity contribution in [3.05, 3.63) is 48.9 Å². The van der Waals surface area contributed by atoms with Crippen molar-refractivity contribution < 1.29 is 4.74 Å². The van der Waals surface area contributed by atoms with E-state index < -0.39 is 0 Å². The van der Waals surface area contributed by atoms with Crippen molar-refractivity contribution in [2.45, 2.75) is 20.5 Å². The molecule has 1 aromatic carbocycles. The predicted molar refractivity (Wildman–Crippen MR) is 83.2 cm³/mol. The van der Waals surface area contributed by atoms with E-state index in [9.17, 15) is 4.79 Å². The van der Waals surface area contributed by atoms with Crippen LogP contribution < -0.4 is 5.56 Å². The van der Waals surface area contributed by atoms with Gasteiger partial charge in [-0.3, -0.25) is 4.79 Å². The van der Waals surface area contributed by atoms with Gasteiger partial charge in [-0.25, -0.2) is 4.98 Å². The standard InChI is InChI=1S/C14H15IN2O2/c1-8-4-5-9(2)10(6-8)13-16-11(7-19-3)12(15)14(18)17-13/h4-6H,7H2,1-3H3,(H,16,17,18). The molecule has 0 aliphatic heterocycles. The van der Waals surface area contributed by atoms with E-state index in [0.717, 1.165) is 16.7 Å². The summed E-state index contributed by atoms with van der Waals surface area (Å²) in [7, 11) is 1.59. The SMILES string of the molecule is COCc1nc(-c2cc(C)ccc2C)[nH]c(=O)c1I. The van der Waals surface area contributed by atoms with Gasteiger partial charge in [-0.15, -0.1) is 0 Å². The van der Waals surface area contributed by atoms with Crippen LogP contribution in [0.3, 0.4) is 0 Å². The number of aromatic amines is 1. The molecule has 0 radical (unpaired) electrons. The molecular formula is C14H15IN2O2. The topological polar surface area (TPSA) is 55.0 Å². The van der Waals surface area contributed by atoms with E-state index in [2.05, 4.69) is 9.97 Å². The first kappa shape index (κ1) is 14.2. The van der Waals surface area contributed by atoms with Crippen LogP contribution in [0.1, 0.15) is 16.8 Å². The van der Waals surface area contributed by atoms with Gasteiger partial charge in [0.15, 0.2) is 0 Å². The van der Waals surface area contributed by atoms with E-state index in [0.29, 0.717) is 21.7 Å². The number of hydrogen-bond donors (Lipinski definition) is 1. The van der Waals surface area contributed by atoms with Gasteiger partial charge >= 0.3 is 0 Å². The molecule has 4 nitrogen and oxygen atoms in total. The summed E-state index contributed by atoms with van der Waals surface area (Å²) in [4.78, 5) is 19.3. The fraction of sp³-hybridized carbons (Fsp3) is 0.286. The number of nitrogens with one attached hydrogen (secondary N) is 1. The maximum atomic E-state index is 11.9. The molecule has 0 saturated carbocycles. The quantitative estimate of drug-likeness (QED) is 0.846. The summed E-state index contributed by atoms with van der Waals surface area (Å²) in [6, 6.07) is 6.09. The Morgan fingerprint density at radius 1 is 1.37 bits per heavy atom. The van der Waals surface area contributed by atoms with E-state index in [-0.39, 0.29) is 5.56 Å². The van der Waals surface area contributed by atoms with Crippen LogP contribution in [-0.2, 0) is 11.3 Å². The van der Waals surface area contributed by atoms with Crippen LogP contribution in [0.25, 0.3) is 11.4 Å². The fourth-order valence-electron chi connectivity index (χ4n) is 1.86. The molecule has 0 bridgehead atoms. The lowest BCUT2D eigenvalue weighted by Crippen LogP contribution is -2.17. The van der Waals surface area contributed by atoms with E-state index >= 15 is 0 Å². The highest BCUT2D eigenvalue weighted by Gasteiger charge is 2.11. The number of nitrogens with zero attached hydrogens (tertiary/aromatic N) is 1. The van der Waals surface area contributed by atoms with Gasteiger partial charge in [-0.1, -0.05) is 17.7 Å². The highest BCUT2D eigenvalue weighted by Crippen LogP contribution is 2.21. The molecule has 1 N–H and O–H groups in total. The maximum absolute atomic E-state index is 11.9. The summed E-state index contributed by atoms with van der Waals surface area (Å²) in [5.41, 5.74) is 3.71. The minimum atomic E-state index is -0.126. The molecule has 2 aromatic rings. The van der Waals surface area contributed by atoms with Crippen LogP contribution in [-0.4, -0.2) is 17.1 Å². The smallest absolute Gasteiger partial charge is 0.264 e. The van der Waals surface area contributed by atoms with Crippen LogP contribution in [0.5, 0.6) is 0 Å². The summed E-state index contributed by atoms with van der Waals surface area (Å²) in [6.45, 7) is 4.35. The van der Waals surface area contributed by atoms with Gasteiger partial charge in [0.2, 0.25) is 0 Å². The van der Waals surface area contributed by atoms with E-state index in [1.54, 1.807) is 7.11 Å². The zero-order valence-corrected chi connectivity index (χ0v) is 13.2. The van der Waals surface area contributed by atoms with Crippen LogP contribution in [0.4, 0.5) is 0 Å². The molecule has 2 rings (SSSR count). The summed E-state index contributed by atoms with van der Waals surface area (Å²) in [5.74, 6) is 0.596. The monoisotopic (exact) mass is 370 g/mol. The molecule has 1 aromatic heterocycles. The summed E-state index contributed by atoms with van der Waals surface area (Å²) < 4.78 is 5.67. The molecular weight excluding hydrogens is 355 g/mol. The van der Waals surface area contributed by atoms with Crippen molar-refractivity contribution in [1.29, 1.82) is 0 Å². The third kappa shape index (κ3) is 3.03. The molecule has 0 aliphatic rings. The number of methoxy groups -OCH3 is 1. The first-order valence-corrected chi connectivity index (χ1v) is 6.96. The Hall–Kier alpha value is -1.21. The maximum Gasteiger partial charge on any atom is 0.264 e. The Labute approximate surface area is 125 Å². The molecule has 0 atom stereocenters. The molecule has 1 heterocycles. The predicted octanol–water partition coefficient (Wildman–Crippen LogP) is 2.80. The lowest BCUT2D eigenvalue weighted by Gasteiger charge is -2.09. The summed E-state index contributed by atoms with van der Waals surface area (Å²) >= 11 is 1.99. The lowest BCUT2D eigenvalue weighted by atomic mass is 10.1. The first-order valence-electron chi connectivity index (χ1n) is 5.88. The average Bonchev–Trinajstić information content (AvgIpc) is 2.38. The van der Waals surface area contributed by atoms with Crippen LogP contribution >= 0.6 is 22.6 Å². The van der Waals surface area contributed by atoms with E-state index in [1.165, 1.54) is 0 Å². The zero-order chi connectivity index (χ0) is 14.0. The minimum absolute atomic E-state index is 0.126. The molecule has 100 valence electrons. The number of rotatable bonds is 3. The Balaban J connectivity index is 2.62. The van der Waals surface area contributed by atoms with Gasteiger partial charge in [-0.05, 0) is 48.1 Å². The molecule has 5 heteroatoms. The van der Waals surface area contributed by atoms with Gasteiger partial charge in [-0.2, -0.15) is 0 Å². The minimum Gasteiger partial charge on any atom is -0.378 e. The largest absolute Gasteiger partial charge is 0.378 e. The van der Waals surface area contributed by atoms with Crippen molar-refractivity contribution in [1.82, 2.24) is 9.97 Å². The Morgan fingerprint density at radius 2 is 2.11 bits per heavy atom. The summed E-state index contributed by atoms with van der Waals surface area (Å²) in [6.07, 6.45) is 0. The lowest BCUT2D eigenvalue weighted by molar-refractivity contribution is 0.180. The molecule has 19 heavy (non-hydrogen) atoms. The molecule has 0 aliphatic carbocycles. The van der Waals surface area contributed by atoms with Gasteiger partial charge in [0.05, 0.1) is 12.3 Å². The fourth-order valence-corrected chi connectivity index (χ4v) is 2.27. The molecule has 0 fully saturated rings. The van der Waals surface area contributed by atoms with Crippen molar-refractivity contribution in [3.63, 3.8) is 0 Å². The number of benzene rings is 1. The second-order valence-corrected chi connectivity index (χ2v) is 5.51. The van der Waals surface area contributed by atoms with Gasteiger partial charge in [0.1, 0.15) is 9.39 Å². The number of H-pyrrole nitrogens is 1. The highest BCUT2D eigenvalue weighted by molar-refractivity contribution is 14.1. The van der Waals surface area contributed by atoms with Crippen LogP contribution in [0, 0.1) is 17.4 Å². The number of ether oxygens (including phenoxy) is 1. The van der Waals surface area contributed by atoms with E-state index in [1.807, 2.05) is 54.6 Å². The Bertz CT molecular complexity index is 665. The van der Waals surface area contributed by atoms with Crippen LogP contribution in [0.15, 0.2) is 23.0 Å². The van der Waals surface area contributed by atoms with Gasteiger partial charge < -0.3 is 9.72 Å². The number of aryl methyl sites for hydroxylation is 2. The van der Waals surface area contributed by atoms with Crippen LogP contribution in [0.2, 0.25) is 0 Å². The highest BCUT2D eigenvalue weighted by atomic mass is 127. The third-order valence-electron chi connectivity index (χ3n) is 2.86. The van der Waals surface area contributed by atoms with Gasteiger partial charge in [0, 0.05) is 12.7 Å². The second-order valence-electron chi connectivity index (χ2n) is 4.43. The van der Waals surface area contributed by atoms with Gasteiger partial charge in [0.25, 0.3) is 5.56 Å². The van der Waals surface area contributed by atoms with Crippen molar-refractivity contribution >= 4 is 22.6 Å². The van der Waals surface area contributed by atoms with Crippen molar-refractivity contribution in [2.24, 2.45) is 0 Å². The second kappa shape index (κ2) is 5.83. The van der Waals surface area contributed by atoms with Crippen molar-refractivity contribution in [3.8, 4) is 11.4 Å².